The van der Waals surface area contributed by atoms with Gasteiger partial charge in [0, 0.05) is 5.69 Å². The Kier molecular flexibility index (Phi) is 8.38. The van der Waals surface area contributed by atoms with E-state index in [1.54, 1.807) is 24.3 Å². The summed E-state index contributed by atoms with van der Waals surface area (Å²) in [6.07, 6.45) is -4.52. The summed E-state index contributed by atoms with van der Waals surface area (Å²) in [5.41, 5.74) is 4.07. The highest BCUT2D eigenvalue weighted by Crippen LogP contribution is 2.30. The highest BCUT2D eigenvalue weighted by molar-refractivity contribution is 5.92. The van der Waals surface area contributed by atoms with Crippen molar-refractivity contribution in [1.82, 2.24) is 10.9 Å². The molecule has 166 valence electrons. The van der Waals surface area contributed by atoms with E-state index in [4.69, 9.17) is 9.47 Å². The number of alkyl halides is 3. The molecule has 0 fully saturated rings. The number of amides is 3. The Morgan fingerprint density at radius 2 is 1.55 bits per heavy atom. The zero-order valence-corrected chi connectivity index (χ0v) is 16.4. The maximum atomic E-state index is 12.7. The van der Waals surface area contributed by atoms with Gasteiger partial charge in [-0.15, -0.1) is 0 Å². The van der Waals surface area contributed by atoms with Gasteiger partial charge in [0.2, 0.25) is 11.8 Å². The van der Waals surface area contributed by atoms with E-state index in [1.165, 1.54) is 13.2 Å². The number of anilines is 1. The first-order valence-corrected chi connectivity index (χ1v) is 8.93. The van der Waals surface area contributed by atoms with Crippen LogP contribution in [-0.4, -0.2) is 38.0 Å². The predicted molar refractivity (Wildman–Crippen MR) is 104 cm³/mol. The number of hydrogen-bond acceptors (Lipinski definition) is 5. The molecular weight excluding hydrogens is 419 g/mol. The monoisotopic (exact) mass is 439 g/mol. The highest BCUT2D eigenvalue weighted by Gasteiger charge is 2.30. The van der Waals surface area contributed by atoms with E-state index in [2.05, 4.69) is 16.2 Å². The van der Waals surface area contributed by atoms with E-state index in [-0.39, 0.29) is 12.1 Å². The summed E-state index contributed by atoms with van der Waals surface area (Å²) >= 11 is 0. The predicted octanol–water partition coefficient (Wildman–Crippen LogP) is 2.06. The van der Waals surface area contributed by atoms with E-state index in [9.17, 15) is 27.6 Å². The van der Waals surface area contributed by atoms with Crippen molar-refractivity contribution in [2.75, 3.05) is 25.6 Å². The van der Waals surface area contributed by atoms with Crippen molar-refractivity contribution in [3.05, 3.63) is 59.7 Å². The summed E-state index contributed by atoms with van der Waals surface area (Å²) in [4.78, 5) is 35.2. The third-order valence-corrected chi connectivity index (χ3v) is 3.81. The number of benzene rings is 2. The summed E-state index contributed by atoms with van der Waals surface area (Å²) in [5, 5.41) is 2.24. The van der Waals surface area contributed by atoms with Crippen LogP contribution in [-0.2, 0) is 31.7 Å². The van der Waals surface area contributed by atoms with Crippen LogP contribution in [0.25, 0.3) is 0 Å². The number of nitrogens with one attached hydrogen (secondary N) is 3. The first-order chi connectivity index (χ1) is 14.7. The van der Waals surface area contributed by atoms with E-state index in [1.807, 2.05) is 0 Å². The van der Waals surface area contributed by atoms with Crippen molar-refractivity contribution in [2.24, 2.45) is 0 Å². The summed E-state index contributed by atoms with van der Waals surface area (Å²) in [6.45, 7) is -1.11. The van der Waals surface area contributed by atoms with E-state index < -0.39 is 42.7 Å². The van der Waals surface area contributed by atoms with Crippen molar-refractivity contribution < 1.29 is 37.0 Å². The fourth-order valence-electron chi connectivity index (χ4n) is 2.36. The summed E-state index contributed by atoms with van der Waals surface area (Å²) in [7, 11) is 1.52. The molecule has 2 rings (SSSR count). The van der Waals surface area contributed by atoms with Gasteiger partial charge in [-0.2, -0.15) is 13.2 Å². The molecule has 0 aromatic heterocycles. The molecule has 2 aromatic carbocycles. The molecule has 0 heterocycles. The molecule has 0 aliphatic carbocycles. The van der Waals surface area contributed by atoms with Gasteiger partial charge in [0.1, 0.15) is 19.0 Å². The molecule has 0 bridgehead atoms. The topological polar surface area (TPSA) is 106 Å². The lowest BCUT2D eigenvalue weighted by Gasteiger charge is -2.10. The lowest BCUT2D eigenvalue weighted by atomic mass is 10.1. The van der Waals surface area contributed by atoms with Crippen LogP contribution >= 0.6 is 0 Å². The number of hydrogen-bond donors (Lipinski definition) is 3. The van der Waals surface area contributed by atoms with Crippen LogP contribution in [0.15, 0.2) is 48.5 Å². The first kappa shape index (κ1) is 23.7. The van der Waals surface area contributed by atoms with Gasteiger partial charge in [0.15, 0.2) is 0 Å². The molecule has 31 heavy (non-hydrogen) atoms. The number of ether oxygens (including phenoxy) is 2. The second-order valence-corrected chi connectivity index (χ2v) is 6.24. The van der Waals surface area contributed by atoms with Gasteiger partial charge in [-0.3, -0.25) is 25.2 Å². The molecular formula is C20H20F3N3O5. The standard InChI is InChI=1S/C20H20F3N3O5/c1-30-16-7-5-13(6-8-16)9-17(27)25-26-19(29)12-31-11-18(28)24-15-4-2-3-14(10-15)20(21,22)23/h2-8,10H,9,11-12H2,1H3,(H,24,28)(H,25,27)(H,26,29). The molecule has 0 aliphatic rings. The van der Waals surface area contributed by atoms with Gasteiger partial charge >= 0.3 is 6.18 Å². The Hall–Kier alpha value is -3.60. The van der Waals surface area contributed by atoms with Crippen molar-refractivity contribution in [2.45, 2.75) is 12.6 Å². The van der Waals surface area contributed by atoms with Gasteiger partial charge in [-0.25, -0.2) is 0 Å². The maximum Gasteiger partial charge on any atom is 0.416 e. The number of methoxy groups -OCH3 is 1. The second-order valence-electron chi connectivity index (χ2n) is 6.24. The summed E-state index contributed by atoms with van der Waals surface area (Å²) < 4.78 is 47.9. The minimum absolute atomic E-state index is 0.0184. The maximum absolute atomic E-state index is 12.7. The number of halogens is 3. The van der Waals surface area contributed by atoms with Gasteiger partial charge < -0.3 is 14.8 Å². The molecule has 3 N–H and O–H groups in total. The Morgan fingerprint density at radius 1 is 0.903 bits per heavy atom. The third kappa shape index (κ3) is 8.34. The summed E-state index contributed by atoms with van der Waals surface area (Å²) in [6, 6.07) is 10.9. The lowest BCUT2D eigenvalue weighted by molar-refractivity contribution is -0.137. The summed E-state index contributed by atoms with van der Waals surface area (Å²) in [5.74, 6) is -1.28. The SMILES string of the molecule is COc1ccc(CC(=O)NNC(=O)COCC(=O)Nc2cccc(C(F)(F)F)c2)cc1. The quantitative estimate of drug-likeness (QED) is 0.546. The van der Waals surface area contributed by atoms with Gasteiger partial charge in [-0.05, 0) is 35.9 Å². The minimum atomic E-state index is -4.53. The molecule has 0 aliphatic heterocycles. The smallest absolute Gasteiger partial charge is 0.416 e. The number of hydrazine groups is 1. The Bertz CT molecular complexity index is 917. The lowest BCUT2D eigenvalue weighted by Crippen LogP contribution is -2.44. The Morgan fingerprint density at radius 3 is 2.19 bits per heavy atom. The average Bonchev–Trinajstić information content (AvgIpc) is 2.72. The highest BCUT2D eigenvalue weighted by atomic mass is 19.4. The normalized spacial score (nSPS) is 10.8. The zero-order chi connectivity index (χ0) is 22.9. The fraction of sp³-hybridized carbons (Fsp3) is 0.250. The molecule has 0 saturated heterocycles. The fourth-order valence-corrected chi connectivity index (χ4v) is 2.36. The average molecular weight is 439 g/mol. The molecule has 0 saturated carbocycles. The third-order valence-electron chi connectivity index (χ3n) is 3.81. The van der Waals surface area contributed by atoms with Crippen LogP contribution in [0.3, 0.4) is 0 Å². The van der Waals surface area contributed by atoms with Gasteiger partial charge in [-0.1, -0.05) is 18.2 Å². The van der Waals surface area contributed by atoms with E-state index in [0.717, 1.165) is 18.2 Å². The van der Waals surface area contributed by atoms with Crippen molar-refractivity contribution in [3.8, 4) is 5.75 Å². The van der Waals surface area contributed by atoms with Crippen LogP contribution in [0.5, 0.6) is 5.75 Å². The van der Waals surface area contributed by atoms with Gasteiger partial charge in [0.25, 0.3) is 5.91 Å². The largest absolute Gasteiger partial charge is 0.497 e. The molecule has 0 atom stereocenters. The van der Waals surface area contributed by atoms with Crippen LogP contribution in [0.2, 0.25) is 0 Å². The Balaban J connectivity index is 1.67. The number of carbonyl (C=O) groups is 3. The van der Waals surface area contributed by atoms with Crippen LogP contribution in [0.1, 0.15) is 11.1 Å². The van der Waals surface area contributed by atoms with Crippen LogP contribution in [0, 0.1) is 0 Å². The van der Waals surface area contributed by atoms with Crippen molar-refractivity contribution in [3.63, 3.8) is 0 Å². The molecule has 0 spiro atoms. The zero-order valence-electron chi connectivity index (χ0n) is 16.4. The van der Waals surface area contributed by atoms with E-state index >= 15 is 0 Å². The van der Waals surface area contributed by atoms with Crippen molar-refractivity contribution >= 4 is 23.4 Å². The van der Waals surface area contributed by atoms with Crippen LogP contribution in [0.4, 0.5) is 18.9 Å². The molecule has 8 nitrogen and oxygen atoms in total. The Labute approximate surface area is 175 Å². The van der Waals surface area contributed by atoms with Crippen molar-refractivity contribution in [1.29, 1.82) is 0 Å². The van der Waals surface area contributed by atoms with Crippen LogP contribution < -0.4 is 20.9 Å². The second kappa shape index (κ2) is 11.0. The molecule has 11 heteroatoms. The van der Waals surface area contributed by atoms with Gasteiger partial charge in [0.05, 0.1) is 19.1 Å². The number of carbonyl (C=O) groups excluding carboxylic acids is 3. The molecule has 0 unspecified atom stereocenters. The van der Waals surface area contributed by atoms with E-state index in [0.29, 0.717) is 11.3 Å². The first-order valence-electron chi connectivity index (χ1n) is 8.93. The number of rotatable bonds is 8. The minimum Gasteiger partial charge on any atom is -0.497 e. The molecule has 0 radical (unpaired) electrons. The molecule has 3 amide bonds. The molecule has 2 aromatic rings.